The van der Waals surface area contributed by atoms with Crippen LogP contribution in [0.2, 0.25) is 5.02 Å². The van der Waals surface area contributed by atoms with E-state index in [0.717, 1.165) is 0 Å². The molecule has 0 bridgehead atoms. The molecule has 0 saturated heterocycles. The van der Waals surface area contributed by atoms with Crippen LogP contribution in [0.15, 0.2) is 36.4 Å². The van der Waals surface area contributed by atoms with Crippen LogP contribution in [0.3, 0.4) is 0 Å². The quantitative estimate of drug-likeness (QED) is 0.759. The van der Waals surface area contributed by atoms with Crippen molar-refractivity contribution in [2.75, 3.05) is 25.8 Å². The van der Waals surface area contributed by atoms with Crippen molar-refractivity contribution < 1.29 is 28.6 Å². The van der Waals surface area contributed by atoms with Crippen LogP contribution in [-0.4, -0.2) is 38.2 Å². The molecule has 0 radical (unpaired) electrons. The van der Waals surface area contributed by atoms with Gasteiger partial charge in [0.1, 0.15) is 0 Å². The summed E-state index contributed by atoms with van der Waals surface area (Å²) in [5.41, 5.74) is 0.934. The molecular weight excluding hydrogens is 376 g/mol. The van der Waals surface area contributed by atoms with E-state index >= 15 is 0 Å². The number of carbonyl (C=O) groups excluding carboxylic acids is 3. The standard InChI is InChI=1S/C18H15ClN2O6/c1-20-17(23)10-3-2-4-12(5-10)21-15(22)8-25-18(24)11-6-13(19)16-14(7-11)26-9-27-16/h2-7H,8-9H2,1H3,(H,20,23)(H,21,22). The van der Waals surface area contributed by atoms with Crippen LogP contribution >= 0.6 is 11.6 Å². The minimum Gasteiger partial charge on any atom is -0.454 e. The van der Waals surface area contributed by atoms with Crippen molar-refractivity contribution in [3.8, 4) is 11.5 Å². The topological polar surface area (TPSA) is 103 Å². The highest BCUT2D eigenvalue weighted by Gasteiger charge is 2.21. The zero-order chi connectivity index (χ0) is 19.4. The van der Waals surface area contributed by atoms with Gasteiger partial charge in [0, 0.05) is 18.3 Å². The van der Waals surface area contributed by atoms with Crippen molar-refractivity contribution in [2.45, 2.75) is 0 Å². The molecule has 0 aliphatic carbocycles. The molecule has 0 saturated carbocycles. The molecule has 9 heteroatoms. The third-order valence-electron chi connectivity index (χ3n) is 3.63. The van der Waals surface area contributed by atoms with Gasteiger partial charge >= 0.3 is 5.97 Å². The lowest BCUT2D eigenvalue weighted by Gasteiger charge is -2.08. The summed E-state index contributed by atoms with van der Waals surface area (Å²) < 4.78 is 15.3. The lowest BCUT2D eigenvalue weighted by molar-refractivity contribution is -0.119. The zero-order valence-corrected chi connectivity index (χ0v) is 15.0. The molecule has 0 unspecified atom stereocenters. The zero-order valence-electron chi connectivity index (χ0n) is 14.2. The molecule has 0 aromatic heterocycles. The number of anilines is 1. The van der Waals surface area contributed by atoms with Crippen LogP contribution in [-0.2, 0) is 9.53 Å². The molecule has 0 atom stereocenters. The first-order valence-corrected chi connectivity index (χ1v) is 8.24. The van der Waals surface area contributed by atoms with E-state index in [1.165, 1.54) is 25.2 Å². The second-order valence-corrected chi connectivity index (χ2v) is 5.88. The van der Waals surface area contributed by atoms with Gasteiger partial charge in [0.05, 0.1) is 10.6 Å². The van der Waals surface area contributed by atoms with Crippen LogP contribution in [0.25, 0.3) is 0 Å². The van der Waals surface area contributed by atoms with E-state index in [-0.39, 0.29) is 23.3 Å². The number of nitrogens with one attached hydrogen (secondary N) is 2. The Morgan fingerprint density at radius 1 is 1.15 bits per heavy atom. The smallest absolute Gasteiger partial charge is 0.338 e. The Balaban J connectivity index is 1.59. The predicted molar refractivity (Wildman–Crippen MR) is 96.3 cm³/mol. The number of halogens is 1. The van der Waals surface area contributed by atoms with Crippen molar-refractivity contribution in [1.29, 1.82) is 0 Å². The van der Waals surface area contributed by atoms with E-state index in [0.29, 0.717) is 22.7 Å². The lowest BCUT2D eigenvalue weighted by atomic mass is 10.2. The summed E-state index contributed by atoms with van der Waals surface area (Å²) in [7, 11) is 1.51. The molecule has 8 nitrogen and oxygen atoms in total. The van der Waals surface area contributed by atoms with Gasteiger partial charge in [-0.25, -0.2) is 4.79 Å². The van der Waals surface area contributed by atoms with Crippen LogP contribution in [0, 0.1) is 0 Å². The Labute approximate surface area is 159 Å². The molecule has 2 N–H and O–H groups in total. The first kappa shape index (κ1) is 18.5. The van der Waals surface area contributed by atoms with Crippen molar-refractivity contribution in [3.05, 3.63) is 52.5 Å². The number of hydrogen-bond donors (Lipinski definition) is 2. The van der Waals surface area contributed by atoms with Crippen molar-refractivity contribution in [3.63, 3.8) is 0 Å². The molecule has 1 heterocycles. The molecule has 1 aliphatic rings. The highest BCUT2D eigenvalue weighted by atomic mass is 35.5. The Morgan fingerprint density at radius 3 is 2.74 bits per heavy atom. The van der Waals surface area contributed by atoms with Gasteiger partial charge in [0.2, 0.25) is 6.79 Å². The molecule has 2 aromatic carbocycles. The average molecular weight is 391 g/mol. The molecule has 2 aromatic rings. The number of benzene rings is 2. The monoisotopic (exact) mass is 390 g/mol. The Morgan fingerprint density at radius 2 is 1.96 bits per heavy atom. The molecule has 0 spiro atoms. The van der Waals surface area contributed by atoms with Crippen molar-refractivity contribution in [2.24, 2.45) is 0 Å². The second-order valence-electron chi connectivity index (χ2n) is 5.48. The van der Waals surface area contributed by atoms with Crippen LogP contribution in [0.1, 0.15) is 20.7 Å². The molecule has 140 valence electrons. The second kappa shape index (κ2) is 7.96. The predicted octanol–water partition coefficient (Wildman–Crippen LogP) is 2.22. The Hall–Kier alpha value is -3.26. The lowest BCUT2D eigenvalue weighted by Crippen LogP contribution is -2.22. The van der Waals surface area contributed by atoms with Crippen LogP contribution < -0.4 is 20.1 Å². The molecule has 0 fully saturated rings. The van der Waals surface area contributed by atoms with Crippen molar-refractivity contribution in [1.82, 2.24) is 5.32 Å². The van der Waals surface area contributed by atoms with E-state index in [9.17, 15) is 14.4 Å². The Bertz CT molecular complexity index is 915. The molecule has 3 rings (SSSR count). The Kier molecular flexibility index (Phi) is 5.46. The molecule has 1 aliphatic heterocycles. The summed E-state index contributed by atoms with van der Waals surface area (Å²) in [6.45, 7) is -0.486. The van der Waals surface area contributed by atoms with Crippen molar-refractivity contribution >= 4 is 35.1 Å². The molecular formula is C18H15ClN2O6. The third kappa shape index (κ3) is 4.29. The van der Waals surface area contributed by atoms with Gasteiger partial charge in [-0.15, -0.1) is 0 Å². The first-order valence-electron chi connectivity index (χ1n) is 7.86. The minimum atomic E-state index is -0.732. The fraction of sp³-hybridized carbons (Fsp3) is 0.167. The van der Waals surface area contributed by atoms with Gasteiger partial charge < -0.3 is 24.8 Å². The third-order valence-corrected chi connectivity index (χ3v) is 3.91. The number of fused-ring (bicyclic) bond motifs is 1. The van der Waals surface area contributed by atoms with E-state index in [2.05, 4.69) is 10.6 Å². The molecule has 2 amide bonds. The SMILES string of the molecule is CNC(=O)c1cccc(NC(=O)COC(=O)c2cc(Cl)c3c(c2)OCO3)c1. The minimum absolute atomic E-state index is 0.0189. The number of rotatable bonds is 5. The maximum absolute atomic E-state index is 12.1. The number of amides is 2. The van der Waals surface area contributed by atoms with Gasteiger partial charge in [0.15, 0.2) is 18.1 Å². The highest BCUT2D eigenvalue weighted by molar-refractivity contribution is 6.32. The molecule has 27 heavy (non-hydrogen) atoms. The normalized spacial score (nSPS) is 11.6. The highest BCUT2D eigenvalue weighted by Crippen LogP contribution is 2.39. The summed E-state index contributed by atoms with van der Waals surface area (Å²) in [5.74, 6) is -0.863. The van der Waals surface area contributed by atoms with Gasteiger partial charge in [-0.2, -0.15) is 0 Å². The van der Waals surface area contributed by atoms with Gasteiger partial charge in [-0.05, 0) is 30.3 Å². The van der Waals surface area contributed by atoms with Gasteiger partial charge in [-0.1, -0.05) is 17.7 Å². The largest absolute Gasteiger partial charge is 0.454 e. The summed E-state index contributed by atoms with van der Waals surface area (Å²) in [6, 6.07) is 9.17. The van der Waals surface area contributed by atoms with Crippen LogP contribution in [0.5, 0.6) is 11.5 Å². The fourth-order valence-electron chi connectivity index (χ4n) is 2.38. The summed E-state index contributed by atoms with van der Waals surface area (Å²) in [5, 5.41) is 5.26. The van der Waals surface area contributed by atoms with E-state index in [1.54, 1.807) is 18.2 Å². The summed E-state index contributed by atoms with van der Waals surface area (Å²) >= 11 is 6.02. The fourth-order valence-corrected chi connectivity index (χ4v) is 2.64. The maximum atomic E-state index is 12.1. The number of esters is 1. The number of ether oxygens (including phenoxy) is 3. The van der Waals surface area contributed by atoms with E-state index in [4.69, 9.17) is 25.8 Å². The van der Waals surface area contributed by atoms with E-state index < -0.39 is 18.5 Å². The van der Waals surface area contributed by atoms with Gasteiger partial charge in [0.25, 0.3) is 11.8 Å². The van der Waals surface area contributed by atoms with Gasteiger partial charge in [-0.3, -0.25) is 9.59 Å². The van der Waals surface area contributed by atoms with E-state index in [1.807, 2.05) is 0 Å². The number of carbonyl (C=O) groups is 3. The summed E-state index contributed by atoms with van der Waals surface area (Å²) in [4.78, 5) is 35.7. The summed E-state index contributed by atoms with van der Waals surface area (Å²) in [6.07, 6.45) is 0. The van der Waals surface area contributed by atoms with Crippen LogP contribution in [0.4, 0.5) is 5.69 Å². The average Bonchev–Trinajstić information content (AvgIpc) is 3.15. The number of hydrogen-bond acceptors (Lipinski definition) is 6. The maximum Gasteiger partial charge on any atom is 0.338 e. The first-order chi connectivity index (χ1) is 13.0.